The molecule has 0 aromatic carbocycles. The minimum Gasteiger partial charge on any atom is -0.287 e. The first-order chi connectivity index (χ1) is 8.60. The van der Waals surface area contributed by atoms with Crippen LogP contribution in [0, 0.1) is 0 Å². The van der Waals surface area contributed by atoms with Gasteiger partial charge in [-0.2, -0.15) is 10.2 Å². The van der Waals surface area contributed by atoms with Gasteiger partial charge in [-0.1, -0.05) is 11.6 Å². The highest BCUT2D eigenvalue weighted by molar-refractivity contribution is 6.34. The van der Waals surface area contributed by atoms with Gasteiger partial charge < -0.3 is 0 Å². The Morgan fingerprint density at radius 1 is 1.50 bits per heavy atom. The maximum Gasteiger partial charge on any atom is 0.207 e. The summed E-state index contributed by atoms with van der Waals surface area (Å²) in [6.07, 6.45) is 6.53. The van der Waals surface area contributed by atoms with Crippen molar-refractivity contribution in [2.24, 2.45) is 7.05 Å². The van der Waals surface area contributed by atoms with E-state index in [2.05, 4.69) is 10.2 Å². The van der Waals surface area contributed by atoms with Crippen LogP contribution in [0.1, 0.15) is 23.1 Å². The number of allylic oxidation sites excluding steroid dienone is 1. The van der Waals surface area contributed by atoms with E-state index in [9.17, 15) is 4.79 Å². The van der Waals surface area contributed by atoms with Crippen molar-refractivity contribution in [2.75, 3.05) is 0 Å². The van der Waals surface area contributed by atoms with Gasteiger partial charge in [-0.05, 0) is 25.1 Å². The van der Waals surface area contributed by atoms with Gasteiger partial charge in [0.15, 0.2) is 5.69 Å². The first kappa shape index (κ1) is 12.6. The number of hydrogen-bond acceptors (Lipinski definition) is 3. The fourth-order valence-electron chi connectivity index (χ4n) is 1.51. The molecule has 2 aromatic rings. The second-order valence-electron chi connectivity index (χ2n) is 3.79. The highest BCUT2D eigenvalue weighted by Crippen LogP contribution is 2.14. The molecule has 6 heteroatoms. The highest BCUT2D eigenvalue weighted by atomic mass is 35.5. The fourth-order valence-corrected chi connectivity index (χ4v) is 1.78. The monoisotopic (exact) mass is 264 g/mol. The predicted molar refractivity (Wildman–Crippen MR) is 69.5 cm³/mol. The van der Waals surface area contributed by atoms with Gasteiger partial charge in [-0.25, -0.2) is 0 Å². The van der Waals surface area contributed by atoms with Crippen molar-refractivity contribution in [2.45, 2.75) is 13.5 Å². The molecule has 0 aliphatic carbocycles. The molecule has 2 heterocycles. The average molecular weight is 265 g/mol. The van der Waals surface area contributed by atoms with Crippen molar-refractivity contribution in [1.29, 1.82) is 0 Å². The molecule has 18 heavy (non-hydrogen) atoms. The maximum atomic E-state index is 11.8. The van der Waals surface area contributed by atoms with E-state index in [1.54, 1.807) is 24.0 Å². The molecule has 2 rings (SSSR count). The molecule has 0 spiro atoms. The molecule has 0 radical (unpaired) electrons. The van der Waals surface area contributed by atoms with Crippen LogP contribution in [0.4, 0.5) is 0 Å². The zero-order valence-corrected chi connectivity index (χ0v) is 10.9. The van der Waals surface area contributed by atoms with Crippen molar-refractivity contribution >= 4 is 23.5 Å². The third-order valence-electron chi connectivity index (χ3n) is 2.41. The predicted octanol–water partition coefficient (Wildman–Crippen LogP) is 2.19. The fraction of sp³-hybridized carbons (Fsp3) is 0.250. The standard InChI is InChI=1S/C12H13ClN4O/c1-3-17-7-6-9(14-17)4-5-11(18)12-10(13)8-16(2)15-12/h4-8H,3H2,1-2H3/b5-4+. The zero-order chi connectivity index (χ0) is 13.1. The van der Waals surface area contributed by atoms with E-state index in [0.29, 0.717) is 5.02 Å². The number of aromatic nitrogens is 4. The molecule has 94 valence electrons. The molecule has 0 aliphatic rings. The van der Waals surface area contributed by atoms with Crippen LogP contribution in [0.3, 0.4) is 0 Å². The van der Waals surface area contributed by atoms with Crippen LogP contribution in [0.2, 0.25) is 5.02 Å². The van der Waals surface area contributed by atoms with E-state index in [0.717, 1.165) is 12.2 Å². The first-order valence-corrected chi connectivity index (χ1v) is 5.93. The molecule has 0 aliphatic heterocycles. The average Bonchev–Trinajstić information content (AvgIpc) is 2.92. The second-order valence-corrected chi connectivity index (χ2v) is 4.20. The lowest BCUT2D eigenvalue weighted by atomic mass is 10.2. The Morgan fingerprint density at radius 2 is 2.28 bits per heavy atom. The SMILES string of the molecule is CCn1ccc(/C=C/C(=O)c2nn(C)cc2Cl)n1. The Labute approximate surface area is 110 Å². The Balaban J connectivity index is 2.14. The Hall–Kier alpha value is -1.88. The number of ketones is 1. The summed E-state index contributed by atoms with van der Waals surface area (Å²) >= 11 is 5.89. The number of carbonyl (C=O) groups excluding carboxylic acids is 1. The quantitative estimate of drug-likeness (QED) is 0.628. The van der Waals surface area contributed by atoms with Crippen LogP contribution in [-0.4, -0.2) is 25.3 Å². The Kier molecular flexibility index (Phi) is 3.62. The summed E-state index contributed by atoms with van der Waals surface area (Å²) in [5.74, 6) is -0.230. The molecular weight excluding hydrogens is 252 g/mol. The topological polar surface area (TPSA) is 52.7 Å². The van der Waals surface area contributed by atoms with Gasteiger partial charge in [-0.3, -0.25) is 14.2 Å². The van der Waals surface area contributed by atoms with Gasteiger partial charge in [0.05, 0.1) is 10.7 Å². The third kappa shape index (κ3) is 2.68. The summed E-state index contributed by atoms with van der Waals surface area (Å²) in [4.78, 5) is 11.8. The van der Waals surface area contributed by atoms with E-state index < -0.39 is 0 Å². The Morgan fingerprint density at radius 3 is 2.83 bits per heavy atom. The number of carbonyl (C=O) groups is 1. The molecule has 0 N–H and O–H groups in total. The third-order valence-corrected chi connectivity index (χ3v) is 2.68. The molecule has 0 saturated carbocycles. The summed E-state index contributed by atoms with van der Waals surface area (Å²) < 4.78 is 3.30. The summed E-state index contributed by atoms with van der Waals surface area (Å²) in [6.45, 7) is 2.80. The first-order valence-electron chi connectivity index (χ1n) is 5.55. The van der Waals surface area contributed by atoms with E-state index in [1.807, 2.05) is 19.2 Å². The van der Waals surface area contributed by atoms with Crippen LogP contribution in [-0.2, 0) is 13.6 Å². The summed E-state index contributed by atoms with van der Waals surface area (Å²) in [6, 6.07) is 1.84. The van der Waals surface area contributed by atoms with Gasteiger partial charge in [0.2, 0.25) is 5.78 Å². The van der Waals surface area contributed by atoms with Crippen LogP contribution in [0.25, 0.3) is 6.08 Å². The van der Waals surface area contributed by atoms with E-state index >= 15 is 0 Å². The van der Waals surface area contributed by atoms with Gasteiger partial charge in [0, 0.05) is 26.0 Å². The lowest BCUT2D eigenvalue weighted by Gasteiger charge is -1.91. The normalized spacial score (nSPS) is 11.3. The molecule has 5 nitrogen and oxygen atoms in total. The van der Waals surface area contributed by atoms with Crippen LogP contribution in [0.5, 0.6) is 0 Å². The van der Waals surface area contributed by atoms with Crippen LogP contribution >= 0.6 is 11.6 Å². The number of rotatable bonds is 4. The van der Waals surface area contributed by atoms with Gasteiger partial charge in [0.25, 0.3) is 0 Å². The van der Waals surface area contributed by atoms with Crippen LogP contribution in [0.15, 0.2) is 24.5 Å². The summed E-state index contributed by atoms with van der Waals surface area (Å²) in [5.41, 5.74) is 0.989. The van der Waals surface area contributed by atoms with Gasteiger partial charge in [-0.15, -0.1) is 0 Å². The summed E-state index contributed by atoms with van der Waals surface area (Å²) in [5, 5.41) is 8.60. The molecule has 2 aromatic heterocycles. The van der Waals surface area contributed by atoms with Crippen molar-refractivity contribution in [3.05, 3.63) is 40.9 Å². The largest absolute Gasteiger partial charge is 0.287 e. The molecular formula is C12H13ClN4O. The van der Waals surface area contributed by atoms with E-state index in [4.69, 9.17) is 11.6 Å². The number of hydrogen-bond donors (Lipinski definition) is 0. The molecule has 0 unspecified atom stereocenters. The smallest absolute Gasteiger partial charge is 0.207 e. The maximum absolute atomic E-state index is 11.8. The van der Waals surface area contributed by atoms with Crippen molar-refractivity contribution in [1.82, 2.24) is 19.6 Å². The minimum absolute atomic E-state index is 0.230. The van der Waals surface area contributed by atoms with Gasteiger partial charge in [0.1, 0.15) is 0 Å². The zero-order valence-electron chi connectivity index (χ0n) is 10.2. The summed E-state index contributed by atoms with van der Waals surface area (Å²) in [7, 11) is 1.72. The van der Waals surface area contributed by atoms with E-state index in [-0.39, 0.29) is 11.5 Å². The highest BCUT2D eigenvalue weighted by Gasteiger charge is 2.11. The molecule has 0 fully saturated rings. The van der Waals surface area contributed by atoms with Gasteiger partial charge >= 0.3 is 0 Å². The molecule has 0 bridgehead atoms. The lowest BCUT2D eigenvalue weighted by Crippen LogP contribution is -1.98. The van der Waals surface area contributed by atoms with Crippen LogP contribution < -0.4 is 0 Å². The van der Waals surface area contributed by atoms with E-state index in [1.165, 1.54) is 10.8 Å². The number of aryl methyl sites for hydroxylation is 2. The van der Waals surface area contributed by atoms with Crippen molar-refractivity contribution in [3.8, 4) is 0 Å². The Bertz CT molecular complexity index is 597. The molecule has 0 saturated heterocycles. The lowest BCUT2D eigenvalue weighted by molar-refractivity contribution is 0.104. The molecule has 0 atom stereocenters. The van der Waals surface area contributed by atoms with Crippen molar-refractivity contribution < 1.29 is 4.79 Å². The number of halogens is 1. The van der Waals surface area contributed by atoms with Crippen molar-refractivity contribution in [3.63, 3.8) is 0 Å². The second kappa shape index (κ2) is 5.18. The minimum atomic E-state index is -0.230. The number of nitrogens with zero attached hydrogens (tertiary/aromatic N) is 4. The molecule has 0 amide bonds.